The summed E-state index contributed by atoms with van der Waals surface area (Å²) in [6.45, 7) is 1.59. The fourth-order valence-corrected chi connectivity index (χ4v) is 2.48. The maximum absolute atomic E-state index is 12.4. The molecule has 142 valence electrons. The molecule has 0 aliphatic rings. The molecule has 0 bridgehead atoms. The number of esters is 1. The average molecular weight is 392 g/mol. The van der Waals surface area contributed by atoms with Crippen molar-refractivity contribution in [3.05, 3.63) is 68.7 Å². The van der Waals surface area contributed by atoms with Crippen molar-refractivity contribution in [1.82, 2.24) is 5.32 Å². The molecule has 0 saturated carbocycles. The zero-order chi connectivity index (χ0) is 20.0. The molecule has 0 saturated heterocycles. The van der Waals surface area contributed by atoms with Crippen LogP contribution >= 0.6 is 11.6 Å². The Bertz CT molecular complexity index is 872. The van der Waals surface area contributed by atoms with Gasteiger partial charge in [-0.2, -0.15) is 0 Å². The summed E-state index contributed by atoms with van der Waals surface area (Å²) in [6, 6.07) is 10.8. The second kappa shape index (κ2) is 9.00. The van der Waals surface area contributed by atoms with E-state index >= 15 is 0 Å². The van der Waals surface area contributed by atoms with Crippen molar-refractivity contribution in [1.29, 1.82) is 0 Å². The number of carbonyl (C=O) groups excluding carboxylic acids is 2. The third kappa shape index (κ3) is 5.18. The van der Waals surface area contributed by atoms with Crippen LogP contribution < -0.4 is 10.6 Å². The van der Waals surface area contributed by atoms with E-state index in [0.29, 0.717) is 10.7 Å². The van der Waals surface area contributed by atoms with Gasteiger partial charge in [0.05, 0.1) is 10.5 Å². The molecule has 1 atom stereocenters. The molecule has 0 fully saturated rings. The average Bonchev–Trinajstić information content (AvgIpc) is 2.66. The smallest absolute Gasteiger partial charge is 0.341 e. The van der Waals surface area contributed by atoms with Crippen molar-refractivity contribution in [2.24, 2.45) is 0 Å². The number of ether oxygens (including phenoxy) is 1. The van der Waals surface area contributed by atoms with Crippen LogP contribution in [-0.4, -0.2) is 30.0 Å². The third-order valence-corrected chi connectivity index (χ3v) is 4.14. The van der Waals surface area contributed by atoms with Crippen LogP contribution in [0.3, 0.4) is 0 Å². The van der Waals surface area contributed by atoms with Crippen molar-refractivity contribution in [3.63, 3.8) is 0 Å². The van der Waals surface area contributed by atoms with E-state index < -0.39 is 22.9 Å². The van der Waals surface area contributed by atoms with Crippen molar-refractivity contribution in [2.45, 2.75) is 19.6 Å². The molecule has 2 N–H and O–H groups in total. The first-order valence-electron chi connectivity index (χ1n) is 8.01. The van der Waals surface area contributed by atoms with Crippen LogP contribution in [0.1, 0.15) is 22.8 Å². The Hall–Kier alpha value is -3.13. The van der Waals surface area contributed by atoms with Crippen LogP contribution in [0, 0.1) is 10.1 Å². The number of nitro benzene ring substituents is 1. The van der Waals surface area contributed by atoms with Crippen LogP contribution in [0.5, 0.6) is 0 Å². The van der Waals surface area contributed by atoms with Gasteiger partial charge in [-0.3, -0.25) is 14.9 Å². The topological polar surface area (TPSA) is 111 Å². The highest BCUT2D eigenvalue weighted by molar-refractivity contribution is 6.31. The van der Waals surface area contributed by atoms with E-state index in [-0.39, 0.29) is 17.8 Å². The van der Waals surface area contributed by atoms with Crippen LogP contribution in [0.15, 0.2) is 42.5 Å². The molecule has 1 amide bonds. The van der Waals surface area contributed by atoms with Crippen molar-refractivity contribution < 1.29 is 19.2 Å². The van der Waals surface area contributed by atoms with Crippen LogP contribution in [0.25, 0.3) is 0 Å². The zero-order valence-electron chi connectivity index (χ0n) is 14.7. The Balaban J connectivity index is 2.04. The molecule has 1 unspecified atom stereocenters. The first-order chi connectivity index (χ1) is 12.8. The number of hydrogen-bond acceptors (Lipinski definition) is 6. The monoisotopic (exact) mass is 391 g/mol. The molecule has 27 heavy (non-hydrogen) atoms. The van der Waals surface area contributed by atoms with Crippen LogP contribution in [0.2, 0.25) is 5.02 Å². The molecule has 9 heteroatoms. The van der Waals surface area contributed by atoms with Crippen molar-refractivity contribution in [2.75, 3.05) is 12.4 Å². The van der Waals surface area contributed by atoms with E-state index in [9.17, 15) is 19.7 Å². The molecule has 2 rings (SSSR count). The van der Waals surface area contributed by atoms with E-state index in [4.69, 9.17) is 16.3 Å². The van der Waals surface area contributed by atoms with Crippen LogP contribution in [0.4, 0.5) is 11.4 Å². The maximum atomic E-state index is 12.4. The number of carbonyl (C=O) groups is 2. The van der Waals surface area contributed by atoms with Gasteiger partial charge < -0.3 is 15.4 Å². The molecule has 2 aromatic rings. The summed E-state index contributed by atoms with van der Waals surface area (Å²) in [7, 11) is 1.57. The second-order valence-electron chi connectivity index (χ2n) is 5.59. The highest BCUT2D eigenvalue weighted by Gasteiger charge is 2.22. The predicted octanol–water partition coefficient (Wildman–Crippen LogP) is 3.15. The van der Waals surface area contributed by atoms with Gasteiger partial charge in [0, 0.05) is 36.4 Å². The third-order valence-electron chi connectivity index (χ3n) is 3.77. The SMILES string of the molecule is CNc1ccc([N+](=O)[O-])cc1C(=O)OC(C)C(=O)NCc1ccccc1Cl. The molecule has 2 aromatic carbocycles. The second-order valence-corrected chi connectivity index (χ2v) is 6.00. The minimum atomic E-state index is -1.09. The molecule has 0 aliphatic heterocycles. The number of non-ortho nitro benzene ring substituents is 1. The Morgan fingerprint density at radius 2 is 1.96 bits per heavy atom. The van der Waals surface area contributed by atoms with Crippen LogP contribution in [-0.2, 0) is 16.1 Å². The van der Waals surface area contributed by atoms with Gasteiger partial charge in [-0.1, -0.05) is 29.8 Å². The molecule has 8 nitrogen and oxygen atoms in total. The number of benzene rings is 2. The van der Waals surface area contributed by atoms with E-state index in [1.165, 1.54) is 19.1 Å². The summed E-state index contributed by atoms with van der Waals surface area (Å²) < 4.78 is 5.15. The standard InChI is InChI=1S/C18H18ClN3O5/c1-11(17(23)21-10-12-5-3-4-6-15(12)19)27-18(24)14-9-13(22(25)26)7-8-16(14)20-2/h3-9,11,20H,10H2,1-2H3,(H,21,23). The minimum absolute atomic E-state index is 0.0301. The number of anilines is 1. The van der Waals surface area contributed by atoms with Gasteiger partial charge in [0.2, 0.25) is 0 Å². The highest BCUT2D eigenvalue weighted by Crippen LogP contribution is 2.23. The highest BCUT2D eigenvalue weighted by atomic mass is 35.5. The lowest BCUT2D eigenvalue weighted by Crippen LogP contribution is -2.35. The molecule has 0 spiro atoms. The number of amides is 1. The lowest BCUT2D eigenvalue weighted by Gasteiger charge is -2.15. The van der Waals surface area contributed by atoms with Gasteiger partial charge >= 0.3 is 5.97 Å². The van der Waals surface area contributed by atoms with E-state index in [1.807, 2.05) is 0 Å². The molecular formula is C18H18ClN3O5. The van der Waals surface area contributed by atoms with Gasteiger partial charge in [-0.15, -0.1) is 0 Å². The summed E-state index contributed by atoms with van der Waals surface area (Å²) in [6.07, 6.45) is -1.09. The van der Waals surface area contributed by atoms with Gasteiger partial charge in [0.1, 0.15) is 0 Å². The number of rotatable bonds is 7. The van der Waals surface area contributed by atoms with Crippen molar-refractivity contribution >= 4 is 34.9 Å². The molecule has 0 radical (unpaired) electrons. The Labute approximate surface area is 160 Å². The summed E-state index contributed by atoms with van der Waals surface area (Å²) in [4.78, 5) is 34.8. The summed E-state index contributed by atoms with van der Waals surface area (Å²) in [5.74, 6) is -1.36. The lowest BCUT2D eigenvalue weighted by molar-refractivity contribution is -0.384. The molecule has 0 aromatic heterocycles. The predicted molar refractivity (Wildman–Crippen MR) is 101 cm³/mol. The fourth-order valence-electron chi connectivity index (χ4n) is 2.28. The summed E-state index contributed by atoms with van der Waals surface area (Å²) in [5, 5.41) is 16.8. The largest absolute Gasteiger partial charge is 0.449 e. The minimum Gasteiger partial charge on any atom is -0.449 e. The quantitative estimate of drug-likeness (QED) is 0.426. The van der Waals surface area contributed by atoms with E-state index in [2.05, 4.69) is 10.6 Å². The zero-order valence-corrected chi connectivity index (χ0v) is 15.4. The molecule has 0 aliphatic carbocycles. The van der Waals surface area contributed by atoms with Crippen molar-refractivity contribution in [3.8, 4) is 0 Å². The Kier molecular flexibility index (Phi) is 6.73. The summed E-state index contributed by atoms with van der Waals surface area (Å²) >= 11 is 6.03. The number of nitrogens with zero attached hydrogens (tertiary/aromatic N) is 1. The van der Waals surface area contributed by atoms with Gasteiger partial charge in [0.15, 0.2) is 6.10 Å². The Morgan fingerprint density at radius 3 is 2.59 bits per heavy atom. The first-order valence-corrected chi connectivity index (χ1v) is 8.39. The Morgan fingerprint density at radius 1 is 1.26 bits per heavy atom. The first kappa shape index (κ1) is 20.2. The maximum Gasteiger partial charge on any atom is 0.341 e. The van der Waals surface area contributed by atoms with E-state index in [0.717, 1.165) is 11.6 Å². The fraction of sp³-hybridized carbons (Fsp3) is 0.222. The number of hydrogen-bond donors (Lipinski definition) is 2. The molecular weight excluding hydrogens is 374 g/mol. The van der Waals surface area contributed by atoms with E-state index in [1.54, 1.807) is 31.3 Å². The van der Waals surface area contributed by atoms with Gasteiger partial charge in [-0.05, 0) is 24.6 Å². The lowest BCUT2D eigenvalue weighted by atomic mass is 10.1. The normalized spacial score (nSPS) is 11.4. The summed E-state index contributed by atoms with van der Waals surface area (Å²) in [5.41, 5.74) is 0.797. The number of halogens is 1. The number of nitro groups is 1. The molecule has 0 heterocycles. The van der Waals surface area contributed by atoms with Gasteiger partial charge in [0.25, 0.3) is 11.6 Å². The number of nitrogens with one attached hydrogen (secondary N) is 2. The van der Waals surface area contributed by atoms with Gasteiger partial charge in [-0.25, -0.2) is 4.79 Å².